The van der Waals surface area contributed by atoms with E-state index in [1.54, 1.807) is 12.1 Å². The van der Waals surface area contributed by atoms with Gasteiger partial charge in [0.05, 0.1) is 5.92 Å². The van der Waals surface area contributed by atoms with Crippen LogP contribution in [0.2, 0.25) is 0 Å². The first-order chi connectivity index (χ1) is 10.1. The Morgan fingerprint density at radius 2 is 2.05 bits per heavy atom. The van der Waals surface area contributed by atoms with Gasteiger partial charge in [-0.15, -0.1) is 0 Å². The Balaban J connectivity index is 2.24. The lowest BCUT2D eigenvalue weighted by molar-refractivity contribution is 0.388. The molecule has 0 unspecified atom stereocenters. The highest BCUT2D eigenvalue weighted by molar-refractivity contribution is 14.1. The summed E-state index contributed by atoms with van der Waals surface area (Å²) in [6.07, 6.45) is 0. The van der Waals surface area contributed by atoms with Crippen LogP contribution in [0.1, 0.15) is 17.0 Å². The van der Waals surface area contributed by atoms with Gasteiger partial charge in [0.1, 0.15) is 23.1 Å². The quantitative estimate of drug-likeness (QED) is 0.733. The molecule has 104 valence electrons. The number of hydrogen-bond acceptors (Lipinski definition) is 4. The smallest absolute Gasteiger partial charge is 0.205 e. The lowest BCUT2D eigenvalue weighted by atomic mass is 9.83. The van der Waals surface area contributed by atoms with Crippen molar-refractivity contribution in [3.8, 4) is 17.6 Å². The minimum Gasteiger partial charge on any atom is -0.508 e. The second-order valence-corrected chi connectivity index (χ2v) is 5.95. The van der Waals surface area contributed by atoms with Crippen molar-refractivity contribution in [3.63, 3.8) is 0 Å². The SMILES string of the molecule is N#CC1=C(N)Oc2cc(O)ccc2[C@@H]1c1cccc(I)c1. The standard InChI is InChI=1S/C16H11IN2O2/c17-10-3-1-2-9(6-10)15-12-5-4-11(20)7-14(12)21-16(19)13(15)8-18/h1-7,15,20H,19H2/t15-/m0/s1. The van der Waals surface area contributed by atoms with Crippen LogP contribution in [-0.4, -0.2) is 5.11 Å². The van der Waals surface area contributed by atoms with E-state index >= 15 is 0 Å². The van der Waals surface area contributed by atoms with Gasteiger partial charge in [0.2, 0.25) is 5.88 Å². The van der Waals surface area contributed by atoms with Crippen molar-refractivity contribution in [1.29, 1.82) is 5.26 Å². The number of rotatable bonds is 1. The number of nitrogens with zero attached hydrogens (tertiary/aromatic N) is 1. The molecule has 1 atom stereocenters. The molecule has 3 rings (SSSR count). The van der Waals surface area contributed by atoms with Crippen molar-refractivity contribution in [2.24, 2.45) is 5.73 Å². The predicted molar refractivity (Wildman–Crippen MR) is 86.6 cm³/mol. The van der Waals surface area contributed by atoms with Crippen LogP contribution in [-0.2, 0) is 0 Å². The fraction of sp³-hybridized carbons (Fsp3) is 0.0625. The number of halogens is 1. The van der Waals surface area contributed by atoms with E-state index in [2.05, 4.69) is 28.7 Å². The van der Waals surface area contributed by atoms with Gasteiger partial charge in [0, 0.05) is 15.2 Å². The van der Waals surface area contributed by atoms with E-state index in [1.807, 2.05) is 24.3 Å². The van der Waals surface area contributed by atoms with Gasteiger partial charge in [-0.1, -0.05) is 18.2 Å². The Hall–Kier alpha value is -2.20. The minimum absolute atomic E-state index is 0.0828. The van der Waals surface area contributed by atoms with E-state index in [4.69, 9.17) is 10.5 Å². The number of nitriles is 1. The highest BCUT2D eigenvalue weighted by atomic mass is 127. The number of hydrogen-bond donors (Lipinski definition) is 2. The second kappa shape index (κ2) is 5.30. The number of fused-ring (bicyclic) bond motifs is 1. The number of ether oxygens (including phenoxy) is 1. The number of phenolic OH excluding ortho intramolecular Hbond substituents is 1. The second-order valence-electron chi connectivity index (χ2n) is 4.70. The molecule has 5 heteroatoms. The van der Waals surface area contributed by atoms with Gasteiger partial charge >= 0.3 is 0 Å². The molecule has 0 saturated heterocycles. The normalized spacial score (nSPS) is 16.9. The molecule has 1 aliphatic heterocycles. The third-order valence-corrected chi connectivity index (χ3v) is 4.06. The first-order valence-corrected chi connectivity index (χ1v) is 7.34. The van der Waals surface area contributed by atoms with Crippen molar-refractivity contribution in [3.05, 3.63) is 68.6 Å². The summed E-state index contributed by atoms with van der Waals surface area (Å²) in [5.74, 6) is 0.382. The van der Waals surface area contributed by atoms with E-state index in [-0.39, 0.29) is 17.6 Å². The Kier molecular flexibility index (Phi) is 3.47. The molecule has 0 fully saturated rings. The molecule has 0 aromatic heterocycles. The van der Waals surface area contributed by atoms with Gasteiger partial charge in [0.25, 0.3) is 0 Å². The van der Waals surface area contributed by atoms with Gasteiger partial charge in [0.15, 0.2) is 0 Å². The summed E-state index contributed by atoms with van der Waals surface area (Å²) in [7, 11) is 0. The van der Waals surface area contributed by atoms with Gasteiger partial charge < -0.3 is 15.6 Å². The highest BCUT2D eigenvalue weighted by Crippen LogP contribution is 2.43. The number of nitrogens with two attached hydrogens (primary N) is 1. The van der Waals surface area contributed by atoms with Crippen LogP contribution in [0.4, 0.5) is 0 Å². The lowest BCUT2D eigenvalue weighted by Crippen LogP contribution is -2.21. The third kappa shape index (κ3) is 2.43. The van der Waals surface area contributed by atoms with Crippen molar-refractivity contribution < 1.29 is 9.84 Å². The molecular weight excluding hydrogens is 379 g/mol. The van der Waals surface area contributed by atoms with Crippen LogP contribution in [0.3, 0.4) is 0 Å². The summed E-state index contributed by atoms with van der Waals surface area (Å²) in [6.45, 7) is 0. The van der Waals surface area contributed by atoms with Crippen LogP contribution >= 0.6 is 22.6 Å². The summed E-state index contributed by atoms with van der Waals surface area (Å²) in [4.78, 5) is 0. The lowest BCUT2D eigenvalue weighted by Gasteiger charge is -2.26. The molecule has 1 heterocycles. The average molecular weight is 390 g/mol. The summed E-state index contributed by atoms with van der Waals surface area (Å²) < 4.78 is 6.55. The molecule has 0 aliphatic carbocycles. The summed E-state index contributed by atoms with van der Waals surface area (Å²) in [5, 5.41) is 19.0. The molecule has 0 radical (unpaired) electrons. The van der Waals surface area contributed by atoms with Crippen molar-refractivity contribution in [1.82, 2.24) is 0 Å². The largest absolute Gasteiger partial charge is 0.508 e. The Bertz CT molecular complexity index is 793. The Morgan fingerprint density at radius 1 is 1.24 bits per heavy atom. The fourth-order valence-electron chi connectivity index (χ4n) is 2.47. The van der Waals surface area contributed by atoms with E-state index in [9.17, 15) is 10.4 Å². The first-order valence-electron chi connectivity index (χ1n) is 6.26. The zero-order valence-electron chi connectivity index (χ0n) is 10.9. The third-order valence-electron chi connectivity index (χ3n) is 3.38. The van der Waals surface area contributed by atoms with Crippen LogP contribution < -0.4 is 10.5 Å². The maximum atomic E-state index is 9.60. The number of benzene rings is 2. The molecule has 0 amide bonds. The van der Waals surface area contributed by atoms with E-state index in [0.717, 1.165) is 14.7 Å². The molecule has 0 bridgehead atoms. The van der Waals surface area contributed by atoms with Gasteiger partial charge in [-0.25, -0.2) is 0 Å². The zero-order chi connectivity index (χ0) is 15.0. The van der Waals surface area contributed by atoms with Crippen LogP contribution in [0.15, 0.2) is 53.9 Å². The fourth-order valence-corrected chi connectivity index (χ4v) is 3.04. The van der Waals surface area contributed by atoms with Crippen molar-refractivity contribution in [2.45, 2.75) is 5.92 Å². The number of phenols is 1. The van der Waals surface area contributed by atoms with Crippen LogP contribution in [0.25, 0.3) is 0 Å². The van der Waals surface area contributed by atoms with Crippen LogP contribution in [0.5, 0.6) is 11.5 Å². The van der Waals surface area contributed by atoms with Crippen molar-refractivity contribution >= 4 is 22.6 Å². The number of aromatic hydroxyl groups is 1. The molecule has 0 saturated carbocycles. The minimum atomic E-state index is -0.283. The van der Waals surface area contributed by atoms with Gasteiger partial charge in [-0.3, -0.25) is 0 Å². The molecule has 3 N–H and O–H groups in total. The van der Waals surface area contributed by atoms with E-state index in [0.29, 0.717) is 11.3 Å². The highest BCUT2D eigenvalue weighted by Gasteiger charge is 2.30. The topological polar surface area (TPSA) is 79.3 Å². The Morgan fingerprint density at radius 3 is 2.76 bits per heavy atom. The van der Waals surface area contributed by atoms with E-state index in [1.165, 1.54) is 6.07 Å². The summed E-state index contributed by atoms with van der Waals surface area (Å²) in [6, 6.07) is 14.9. The Labute approximate surface area is 135 Å². The van der Waals surface area contributed by atoms with Gasteiger partial charge in [-0.05, 0) is 46.4 Å². The maximum Gasteiger partial charge on any atom is 0.205 e. The molecule has 4 nitrogen and oxygen atoms in total. The first kappa shape index (κ1) is 13.8. The maximum absolute atomic E-state index is 9.60. The molecule has 1 aliphatic rings. The monoisotopic (exact) mass is 390 g/mol. The number of allylic oxidation sites excluding steroid dienone is 1. The average Bonchev–Trinajstić information content (AvgIpc) is 2.45. The summed E-state index contributed by atoms with van der Waals surface area (Å²) >= 11 is 2.23. The molecule has 0 spiro atoms. The van der Waals surface area contributed by atoms with E-state index < -0.39 is 0 Å². The zero-order valence-corrected chi connectivity index (χ0v) is 13.0. The molecular formula is C16H11IN2O2. The van der Waals surface area contributed by atoms with Crippen molar-refractivity contribution in [2.75, 3.05) is 0 Å². The molecule has 2 aromatic carbocycles. The molecule has 2 aromatic rings. The molecule has 21 heavy (non-hydrogen) atoms. The van der Waals surface area contributed by atoms with Gasteiger partial charge in [-0.2, -0.15) is 5.26 Å². The predicted octanol–water partition coefficient (Wildman–Crippen LogP) is 3.21. The summed E-state index contributed by atoms with van der Waals surface area (Å²) in [5.41, 5.74) is 8.05. The van der Waals surface area contributed by atoms with Crippen LogP contribution in [0, 0.1) is 14.9 Å².